The topological polar surface area (TPSA) is 66.5 Å². The van der Waals surface area contributed by atoms with E-state index in [-0.39, 0.29) is 17.5 Å². The second-order valence-corrected chi connectivity index (χ2v) is 9.75. The largest absolute Gasteiger partial charge is 0.348 e. The first-order valence-corrected chi connectivity index (χ1v) is 11.7. The van der Waals surface area contributed by atoms with Gasteiger partial charge in [0.15, 0.2) is 0 Å². The van der Waals surface area contributed by atoms with E-state index in [9.17, 15) is 13.2 Å². The number of hydrogen-bond donors (Lipinski definition) is 1. The minimum absolute atomic E-state index is 0.102. The maximum absolute atomic E-state index is 13.3. The highest BCUT2D eigenvalue weighted by Crippen LogP contribution is 2.26. The van der Waals surface area contributed by atoms with E-state index in [0.717, 1.165) is 21.0 Å². The number of amides is 1. The summed E-state index contributed by atoms with van der Waals surface area (Å²) in [7, 11) is -3.97. The summed E-state index contributed by atoms with van der Waals surface area (Å²) in [5.41, 5.74) is 3.47. The molecule has 0 saturated heterocycles. The van der Waals surface area contributed by atoms with Gasteiger partial charge < -0.3 is 5.32 Å². The number of hydrogen-bond acceptors (Lipinski definition) is 3. The number of rotatable bonds is 7. The fraction of sp³-hybridized carbons (Fsp3) is 0.208. The number of aryl methyl sites for hydroxylation is 2. The third-order valence-electron chi connectivity index (χ3n) is 4.99. The summed E-state index contributed by atoms with van der Waals surface area (Å²) < 4.78 is 27.8. The summed E-state index contributed by atoms with van der Waals surface area (Å²) in [6, 6.07) is 20.3. The van der Waals surface area contributed by atoms with Gasteiger partial charge in [-0.05, 0) is 62.2 Å². The van der Waals surface area contributed by atoms with Gasteiger partial charge in [0.1, 0.15) is 6.54 Å². The SMILES string of the molecule is Cc1ccc(C)c(C(C)NC(=O)CN(c2cccc(Cl)c2)S(=O)(=O)c2ccccc2)c1. The number of halogens is 1. The van der Waals surface area contributed by atoms with Crippen LogP contribution in [0.1, 0.15) is 29.7 Å². The molecule has 1 N–H and O–H groups in total. The van der Waals surface area contributed by atoms with Crippen molar-refractivity contribution >= 4 is 33.2 Å². The Morgan fingerprint density at radius 1 is 1.00 bits per heavy atom. The molecule has 0 spiro atoms. The number of carbonyl (C=O) groups is 1. The van der Waals surface area contributed by atoms with Crippen molar-refractivity contribution in [3.05, 3.63) is 94.5 Å². The molecule has 0 aliphatic carbocycles. The Kier molecular flexibility index (Phi) is 7.03. The van der Waals surface area contributed by atoms with Gasteiger partial charge in [-0.15, -0.1) is 0 Å². The van der Waals surface area contributed by atoms with Crippen molar-refractivity contribution < 1.29 is 13.2 Å². The lowest BCUT2D eigenvalue weighted by Gasteiger charge is -2.25. The summed E-state index contributed by atoms with van der Waals surface area (Å²) >= 11 is 6.10. The number of sulfonamides is 1. The predicted octanol–water partition coefficient (Wildman–Crippen LogP) is 5.03. The van der Waals surface area contributed by atoms with Crippen molar-refractivity contribution in [3.8, 4) is 0 Å². The van der Waals surface area contributed by atoms with Crippen LogP contribution in [0.25, 0.3) is 0 Å². The Hall–Kier alpha value is -2.83. The fourth-order valence-electron chi connectivity index (χ4n) is 3.39. The first-order valence-electron chi connectivity index (χ1n) is 9.88. The number of nitrogens with zero attached hydrogens (tertiary/aromatic N) is 1. The van der Waals surface area contributed by atoms with E-state index in [4.69, 9.17) is 11.6 Å². The molecule has 3 aromatic rings. The van der Waals surface area contributed by atoms with E-state index in [2.05, 4.69) is 5.32 Å². The average Bonchev–Trinajstić information content (AvgIpc) is 2.74. The van der Waals surface area contributed by atoms with Crippen molar-refractivity contribution in [2.75, 3.05) is 10.8 Å². The Bertz CT molecular complexity index is 1180. The Balaban J connectivity index is 1.90. The Morgan fingerprint density at radius 3 is 2.39 bits per heavy atom. The monoisotopic (exact) mass is 456 g/mol. The average molecular weight is 457 g/mol. The van der Waals surface area contributed by atoms with Crippen LogP contribution in [0.2, 0.25) is 5.02 Å². The highest BCUT2D eigenvalue weighted by Gasteiger charge is 2.28. The first-order chi connectivity index (χ1) is 14.7. The summed E-state index contributed by atoms with van der Waals surface area (Å²) in [5.74, 6) is -0.409. The second kappa shape index (κ2) is 9.54. The van der Waals surface area contributed by atoms with Crippen LogP contribution in [0.5, 0.6) is 0 Å². The fourth-order valence-corrected chi connectivity index (χ4v) is 5.01. The summed E-state index contributed by atoms with van der Waals surface area (Å²) in [4.78, 5) is 13.0. The molecule has 3 aromatic carbocycles. The van der Waals surface area contributed by atoms with Crippen LogP contribution in [0, 0.1) is 13.8 Å². The lowest BCUT2D eigenvalue weighted by atomic mass is 10.00. The molecular weight excluding hydrogens is 432 g/mol. The first kappa shape index (κ1) is 22.8. The molecule has 1 atom stereocenters. The van der Waals surface area contributed by atoms with E-state index in [1.165, 1.54) is 18.2 Å². The zero-order valence-electron chi connectivity index (χ0n) is 17.7. The zero-order valence-corrected chi connectivity index (χ0v) is 19.2. The maximum atomic E-state index is 13.3. The third-order valence-corrected chi connectivity index (χ3v) is 7.02. The number of anilines is 1. The molecule has 7 heteroatoms. The van der Waals surface area contributed by atoms with Crippen LogP contribution in [0.15, 0.2) is 77.7 Å². The van der Waals surface area contributed by atoms with Crippen LogP contribution in [-0.4, -0.2) is 20.9 Å². The van der Waals surface area contributed by atoms with Crippen molar-refractivity contribution in [1.82, 2.24) is 5.32 Å². The van der Waals surface area contributed by atoms with Crippen molar-refractivity contribution in [2.45, 2.75) is 31.7 Å². The van der Waals surface area contributed by atoms with Gasteiger partial charge >= 0.3 is 0 Å². The molecule has 0 aliphatic rings. The molecule has 1 amide bonds. The molecule has 3 rings (SSSR count). The zero-order chi connectivity index (χ0) is 22.6. The molecule has 31 heavy (non-hydrogen) atoms. The van der Waals surface area contributed by atoms with Gasteiger partial charge in [-0.1, -0.05) is 59.6 Å². The molecule has 0 heterocycles. The van der Waals surface area contributed by atoms with E-state index < -0.39 is 15.9 Å². The standard InChI is InChI=1S/C24H25ClN2O3S/c1-17-12-13-18(2)23(14-17)19(3)26-24(28)16-27(21-9-7-8-20(25)15-21)31(29,30)22-10-5-4-6-11-22/h4-15,19H,16H2,1-3H3,(H,26,28). The highest BCUT2D eigenvalue weighted by atomic mass is 35.5. The smallest absolute Gasteiger partial charge is 0.264 e. The van der Waals surface area contributed by atoms with Gasteiger partial charge in [-0.3, -0.25) is 9.10 Å². The van der Waals surface area contributed by atoms with Crippen LogP contribution >= 0.6 is 11.6 Å². The van der Waals surface area contributed by atoms with Crippen molar-refractivity contribution in [2.24, 2.45) is 0 Å². The van der Waals surface area contributed by atoms with E-state index >= 15 is 0 Å². The number of benzene rings is 3. The molecule has 0 aromatic heterocycles. The molecule has 0 radical (unpaired) electrons. The normalized spacial score (nSPS) is 12.3. The van der Waals surface area contributed by atoms with E-state index in [1.807, 2.05) is 39.0 Å². The lowest BCUT2D eigenvalue weighted by molar-refractivity contribution is -0.120. The van der Waals surface area contributed by atoms with Crippen LogP contribution in [0.4, 0.5) is 5.69 Å². The third kappa shape index (κ3) is 5.46. The predicted molar refractivity (Wildman–Crippen MR) is 125 cm³/mol. The lowest BCUT2D eigenvalue weighted by Crippen LogP contribution is -2.41. The molecule has 0 bridgehead atoms. The molecular formula is C24H25ClN2O3S. The number of carbonyl (C=O) groups excluding carboxylic acids is 1. The van der Waals surface area contributed by atoms with Crippen molar-refractivity contribution in [3.63, 3.8) is 0 Å². The quantitative estimate of drug-likeness (QED) is 0.542. The summed E-state index contributed by atoms with van der Waals surface area (Å²) in [5, 5.41) is 3.31. The van der Waals surface area contributed by atoms with Crippen LogP contribution in [0.3, 0.4) is 0 Å². The molecule has 162 valence electrons. The van der Waals surface area contributed by atoms with Crippen molar-refractivity contribution in [1.29, 1.82) is 0 Å². The summed E-state index contributed by atoms with van der Waals surface area (Å²) in [6.07, 6.45) is 0. The van der Waals surface area contributed by atoms with Gasteiger partial charge in [0.2, 0.25) is 5.91 Å². The Labute approximate surface area is 188 Å². The van der Waals surface area contributed by atoms with Gasteiger partial charge in [0, 0.05) is 5.02 Å². The maximum Gasteiger partial charge on any atom is 0.264 e. The van der Waals surface area contributed by atoms with Gasteiger partial charge in [0.05, 0.1) is 16.6 Å². The van der Waals surface area contributed by atoms with Gasteiger partial charge in [0.25, 0.3) is 10.0 Å². The number of nitrogens with one attached hydrogen (secondary N) is 1. The minimum atomic E-state index is -3.97. The molecule has 1 unspecified atom stereocenters. The Morgan fingerprint density at radius 2 is 1.71 bits per heavy atom. The minimum Gasteiger partial charge on any atom is -0.348 e. The van der Waals surface area contributed by atoms with Crippen LogP contribution in [-0.2, 0) is 14.8 Å². The molecule has 0 fully saturated rings. The van der Waals surface area contributed by atoms with Gasteiger partial charge in [-0.2, -0.15) is 0 Å². The molecule has 0 aliphatic heterocycles. The second-order valence-electron chi connectivity index (χ2n) is 7.45. The van der Waals surface area contributed by atoms with Crippen LogP contribution < -0.4 is 9.62 Å². The van der Waals surface area contributed by atoms with Gasteiger partial charge in [-0.25, -0.2) is 8.42 Å². The van der Waals surface area contributed by atoms with E-state index in [0.29, 0.717) is 10.7 Å². The molecule has 5 nitrogen and oxygen atoms in total. The van der Waals surface area contributed by atoms with E-state index in [1.54, 1.807) is 36.4 Å². The summed E-state index contributed by atoms with van der Waals surface area (Å²) in [6.45, 7) is 5.49. The highest BCUT2D eigenvalue weighted by molar-refractivity contribution is 7.92. The molecule has 0 saturated carbocycles.